The molecule has 1 aliphatic carbocycles. The fraction of sp³-hybridized carbons (Fsp3) is 0.750. The molecule has 0 spiro atoms. The normalized spacial score (nSPS) is 27.1. The first-order valence-electron chi connectivity index (χ1n) is 5.83. The summed E-state index contributed by atoms with van der Waals surface area (Å²) in [4.78, 5) is 24.6. The van der Waals surface area contributed by atoms with Crippen molar-refractivity contribution in [1.82, 2.24) is 4.90 Å². The van der Waals surface area contributed by atoms with E-state index in [1.165, 1.54) is 4.90 Å². The van der Waals surface area contributed by atoms with E-state index in [0.29, 0.717) is 18.8 Å². The number of hydrogen-bond acceptors (Lipinski definition) is 3. The summed E-state index contributed by atoms with van der Waals surface area (Å²) < 4.78 is 0. The van der Waals surface area contributed by atoms with Gasteiger partial charge in [0.15, 0.2) is 0 Å². The number of nitrogens with two attached hydrogens (primary N) is 1. The van der Waals surface area contributed by atoms with Gasteiger partial charge in [0.2, 0.25) is 11.8 Å². The summed E-state index contributed by atoms with van der Waals surface area (Å²) in [5.41, 5.74) is 4.19. The summed E-state index contributed by atoms with van der Waals surface area (Å²) in [6, 6.07) is 1.98. The predicted octanol–water partition coefficient (Wildman–Crippen LogP) is 0.649. The molecule has 94 valence electrons. The van der Waals surface area contributed by atoms with Crippen LogP contribution in [0.4, 0.5) is 0 Å². The highest BCUT2D eigenvalue weighted by Crippen LogP contribution is 2.46. The molecule has 1 saturated carbocycles. The van der Waals surface area contributed by atoms with E-state index in [0.717, 1.165) is 0 Å². The van der Waals surface area contributed by atoms with Crippen LogP contribution < -0.4 is 5.73 Å². The van der Waals surface area contributed by atoms with E-state index in [1.807, 2.05) is 20.8 Å². The zero-order valence-corrected chi connectivity index (χ0v) is 10.6. The minimum atomic E-state index is -0.931. The smallest absolute Gasteiger partial charge is 0.243 e. The van der Waals surface area contributed by atoms with Crippen molar-refractivity contribution in [3.05, 3.63) is 0 Å². The summed E-state index contributed by atoms with van der Waals surface area (Å²) in [6.45, 7) is 5.52. The van der Waals surface area contributed by atoms with E-state index in [4.69, 9.17) is 5.73 Å². The second-order valence-electron chi connectivity index (χ2n) is 5.20. The monoisotopic (exact) mass is 237 g/mol. The maximum absolute atomic E-state index is 12.3. The lowest BCUT2D eigenvalue weighted by molar-refractivity contribution is -0.149. The van der Waals surface area contributed by atoms with Crippen molar-refractivity contribution in [2.24, 2.45) is 17.1 Å². The van der Waals surface area contributed by atoms with Crippen LogP contribution >= 0.6 is 0 Å². The van der Waals surface area contributed by atoms with Gasteiger partial charge >= 0.3 is 0 Å². The quantitative estimate of drug-likeness (QED) is 0.778. The molecule has 0 aliphatic heterocycles. The van der Waals surface area contributed by atoms with Crippen molar-refractivity contribution in [1.29, 1.82) is 5.26 Å². The molecular formula is C12H19N3O2. The fourth-order valence-electron chi connectivity index (χ4n) is 2.38. The largest absolute Gasteiger partial charge is 0.368 e. The van der Waals surface area contributed by atoms with E-state index < -0.39 is 11.3 Å². The molecule has 0 radical (unpaired) electrons. The summed E-state index contributed by atoms with van der Waals surface area (Å²) in [6.07, 6.45) is 1.15. The molecule has 0 unspecified atom stereocenters. The Morgan fingerprint density at radius 2 is 2.06 bits per heavy atom. The number of rotatable bonds is 4. The molecule has 0 saturated heterocycles. The van der Waals surface area contributed by atoms with Crippen LogP contribution in [0.2, 0.25) is 0 Å². The second kappa shape index (κ2) is 4.74. The van der Waals surface area contributed by atoms with Crippen LogP contribution in [0.3, 0.4) is 0 Å². The first-order chi connectivity index (χ1) is 7.82. The van der Waals surface area contributed by atoms with Crippen molar-refractivity contribution in [2.75, 3.05) is 6.54 Å². The highest BCUT2D eigenvalue weighted by molar-refractivity contribution is 5.90. The number of nitriles is 1. The Morgan fingerprint density at radius 1 is 1.53 bits per heavy atom. The van der Waals surface area contributed by atoms with Gasteiger partial charge in [-0.3, -0.25) is 9.59 Å². The number of nitrogens with zero attached hydrogens (tertiary/aromatic N) is 2. The van der Waals surface area contributed by atoms with Gasteiger partial charge in [-0.1, -0.05) is 6.92 Å². The van der Waals surface area contributed by atoms with Crippen molar-refractivity contribution < 1.29 is 9.59 Å². The van der Waals surface area contributed by atoms with Gasteiger partial charge in [0.25, 0.3) is 0 Å². The van der Waals surface area contributed by atoms with E-state index in [-0.39, 0.29) is 18.5 Å². The van der Waals surface area contributed by atoms with Gasteiger partial charge in [-0.15, -0.1) is 0 Å². The van der Waals surface area contributed by atoms with Gasteiger partial charge in [0.05, 0.1) is 12.6 Å². The third-order valence-corrected chi connectivity index (χ3v) is 3.23. The maximum Gasteiger partial charge on any atom is 0.243 e. The van der Waals surface area contributed by atoms with E-state index in [1.54, 1.807) is 0 Å². The lowest BCUT2D eigenvalue weighted by Crippen LogP contribution is -2.54. The molecule has 17 heavy (non-hydrogen) atoms. The molecule has 2 amide bonds. The summed E-state index contributed by atoms with van der Waals surface area (Å²) >= 11 is 0. The number of hydrogen-bond donors (Lipinski definition) is 1. The Balaban J connectivity index is 2.85. The van der Waals surface area contributed by atoms with Gasteiger partial charge in [-0.05, 0) is 32.6 Å². The van der Waals surface area contributed by atoms with Crippen molar-refractivity contribution in [3.8, 4) is 6.07 Å². The Morgan fingerprint density at radius 3 is 2.35 bits per heavy atom. The minimum absolute atomic E-state index is 0.117. The molecule has 1 fully saturated rings. The van der Waals surface area contributed by atoms with Crippen LogP contribution in [0.25, 0.3) is 0 Å². The zero-order valence-electron chi connectivity index (χ0n) is 10.6. The van der Waals surface area contributed by atoms with Crippen LogP contribution in [0.1, 0.15) is 33.6 Å². The highest BCUT2D eigenvalue weighted by atomic mass is 16.2. The van der Waals surface area contributed by atoms with Crippen LogP contribution in [-0.2, 0) is 9.59 Å². The summed E-state index contributed by atoms with van der Waals surface area (Å²) in [5.74, 6) is -0.416. The maximum atomic E-state index is 12.3. The average Bonchev–Trinajstić information content (AvgIpc) is 2.19. The van der Waals surface area contributed by atoms with Gasteiger partial charge in [-0.2, -0.15) is 5.26 Å². The third-order valence-electron chi connectivity index (χ3n) is 3.23. The molecule has 1 aliphatic rings. The van der Waals surface area contributed by atoms with Crippen molar-refractivity contribution in [2.45, 2.75) is 39.7 Å². The zero-order chi connectivity index (χ0) is 13.2. The standard InChI is InChI=1S/C12H19N3O2/c1-8(2)15(6-10(14)16)11(17)12(7-13)4-9(3)5-12/h8-9H,4-6H2,1-3H3,(H2,14,16). The Kier molecular flexibility index (Phi) is 3.76. The average molecular weight is 237 g/mol. The topological polar surface area (TPSA) is 87.2 Å². The number of amides is 2. The van der Waals surface area contributed by atoms with Crippen LogP contribution in [0.15, 0.2) is 0 Å². The number of carbonyl (C=O) groups is 2. The summed E-state index contributed by atoms with van der Waals surface area (Å²) in [7, 11) is 0. The fourth-order valence-corrected chi connectivity index (χ4v) is 2.38. The van der Waals surface area contributed by atoms with Crippen LogP contribution in [0, 0.1) is 22.7 Å². The van der Waals surface area contributed by atoms with Gasteiger partial charge < -0.3 is 10.6 Å². The number of carbonyl (C=O) groups excluding carboxylic acids is 2. The lowest BCUT2D eigenvalue weighted by atomic mass is 9.62. The van der Waals surface area contributed by atoms with Gasteiger partial charge in [-0.25, -0.2) is 0 Å². The SMILES string of the molecule is CC1CC(C#N)(C(=O)N(CC(N)=O)C(C)C)C1. The highest BCUT2D eigenvalue weighted by Gasteiger charge is 2.51. The molecule has 5 nitrogen and oxygen atoms in total. The van der Waals surface area contributed by atoms with Crippen molar-refractivity contribution in [3.63, 3.8) is 0 Å². The third kappa shape index (κ3) is 2.57. The van der Waals surface area contributed by atoms with E-state index >= 15 is 0 Å². The number of primary amides is 1. The molecule has 0 heterocycles. The first kappa shape index (κ1) is 13.5. The first-order valence-corrected chi connectivity index (χ1v) is 5.83. The van der Waals surface area contributed by atoms with Gasteiger partial charge in [0, 0.05) is 6.04 Å². The minimum Gasteiger partial charge on any atom is -0.368 e. The Labute approximate surface area is 102 Å². The summed E-state index contributed by atoms with van der Waals surface area (Å²) in [5, 5.41) is 9.18. The van der Waals surface area contributed by atoms with Crippen LogP contribution in [-0.4, -0.2) is 29.3 Å². The van der Waals surface area contributed by atoms with E-state index in [2.05, 4.69) is 6.07 Å². The second-order valence-corrected chi connectivity index (χ2v) is 5.20. The van der Waals surface area contributed by atoms with Crippen LogP contribution in [0.5, 0.6) is 0 Å². The van der Waals surface area contributed by atoms with Gasteiger partial charge in [0.1, 0.15) is 5.41 Å². The molecule has 0 atom stereocenters. The molecule has 5 heteroatoms. The predicted molar refractivity (Wildman–Crippen MR) is 62.5 cm³/mol. The molecule has 0 aromatic carbocycles. The Hall–Kier alpha value is -1.57. The molecule has 1 rings (SSSR count). The molecule has 0 bridgehead atoms. The lowest BCUT2D eigenvalue weighted by Gasteiger charge is -2.43. The Bertz CT molecular complexity index is 364. The molecule has 0 aromatic rings. The van der Waals surface area contributed by atoms with E-state index in [9.17, 15) is 14.9 Å². The molecule has 2 N–H and O–H groups in total. The molecular weight excluding hydrogens is 218 g/mol. The molecule has 0 aromatic heterocycles. The van der Waals surface area contributed by atoms with Crippen molar-refractivity contribution >= 4 is 11.8 Å².